The van der Waals surface area contributed by atoms with E-state index in [-0.39, 0.29) is 18.3 Å². The van der Waals surface area contributed by atoms with Crippen molar-refractivity contribution in [3.8, 4) is 0 Å². The molecular weight excluding hydrogens is 128 g/mol. The second kappa shape index (κ2) is 2.72. The van der Waals surface area contributed by atoms with E-state index in [0.717, 1.165) is 12.8 Å². The molecule has 0 aliphatic carbocycles. The third kappa shape index (κ3) is 1.39. The van der Waals surface area contributed by atoms with Crippen molar-refractivity contribution in [3.05, 3.63) is 12.7 Å². The minimum atomic E-state index is -0.0526. The van der Waals surface area contributed by atoms with Crippen LogP contribution in [0.1, 0.15) is 19.8 Å². The van der Waals surface area contributed by atoms with Crippen LogP contribution in [0.4, 0.5) is 0 Å². The Bertz CT molecular complexity index is 133. The molecule has 1 heterocycles. The molecule has 58 valence electrons. The van der Waals surface area contributed by atoms with Crippen LogP contribution < -0.4 is 0 Å². The Morgan fingerprint density at radius 2 is 2.50 bits per heavy atom. The summed E-state index contributed by atoms with van der Waals surface area (Å²) in [5, 5.41) is 8.69. The van der Waals surface area contributed by atoms with Gasteiger partial charge in [0.05, 0.1) is 12.2 Å². The van der Waals surface area contributed by atoms with E-state index >= 15 is 0 Å². The molecule has 0 aromatic rings. The van der Waals surface area contributed by atoms with Gasteiger partial charge in [-0.15, -0.1) is 6.58 Å². The van der Waals surface area contributed by atoms with Crippen LogP contribution in [0, 0.1) is 0 Å². The van der Waals surface area contributed by atoms with Crippen molar-refractivity contribution in [2.24, 2.45) is 0 Å². The summed E-state index contributed by atoms with van der Waals surface area (Å²) in [6.45, 7) is 5.80. The van der Waals surface area contributed by atoms with E-state index in [0.29, 0.717) is 0 Å². The van der Waals surface area contributed by atoms with Gasteiger partial charge in [0.15, 0.2) is 0 Å². The lowest BCUT2D eigenvalue weighted by Gasteiger charge is -2.00. The van der Waals surface area contributed by atoms with Crippen molar-refractivity contribution in [2.45, 2.75) is 31.5 Å². The summed E-state index contributed by atoms with van der Waals surface area (Å²) in [5.74, 6) is 0. The summed E-state index contributed by atoms with van der Waals surface area (Å²) in [4.78, 5) is 0. The zero-order valence-electron chi connectivity index (χ0n) is 6.34. The number of hydrogen-bond acceptors (Lipinski definition) is 2. The average Bonchev–Trinajstić information content (AvgIpc) is 2.59. The van der Waals surface area contributed by atoms with E-state index < -0.39 is 0 Å². The lowest BCUT2D eigenvalue weighted by Crippen LogP contribution is -2.11. The largest absolute Gasteiger partial charge is 0.394 e. The van der Waals surface area contributed by atoms with Crippen LogP contribution in [-0.2, 0) is 4.74 Å². The van der Waals surface area contributed by atoms with Crippen LogP contribution in [0.25, 0.3) is 0 Å². The molecule has 1 aliphatic rings. The molecule has 0 unspecified atom stereocenters. The second-order valence-electron chi connectivity index (χ2n) is 2.93. The summed E-state index contributed by atoms with van der Waals surface area (Å²) in [6.07, 6.45) is 3.89. The SMILES string of the molecule is C=CCC[C@]1(C)O[C@H]1CO. The van der Waals surface area contributed by atoms with Crippen molar-refractivity contribution in [1.82, 2.24) is 0 Å². The van der Waals surface area contributed by atoms with Gasteiger partial charge in [-0.1, -0.05) is 6.08 Å². The van der Waals surface area contributed by atoms with Gasteiger partial charge in [0.1, 0.15) is 6.10 Å². The highest BCUT2D eigenvalue weighted by molar-refractivity contribution is 4.99. The Morgan fingerprint density at radius 1 is 1.80 bits per heavy atom. The molecule has 0 saturated carbocycles. The zero-order chi connectivity index (χ0) is 7.61. The monoisotopic (exact) mass is 142 g/mol. The minimum Gasteiger partial charge on any atom is -0.394 e. The lowest BCUT2D eigenvalue weighted by molar-refractivity contribution is 0.235. The quantitative estimate of drug-likeness (QED) is 0.471. The molecule has 0 aromatic carbocycles. The molecule has 1 aliphatic heterocycles. The molecule has 1 N–H and O–H groups in total. The van der Waals surface area contributed by atoms with Crippen molar-refractivity contribution >= 4 is 0 Å². The fourth-order valence-corrected chi connectivity index (χ4v) is 1.13. The third-order valence-electron chi connectivity index (χ3n) is 2.05. The molecule has 2 nitrogen and oxygen atoms in total. The van der Waals surface area contributed by atoms with Gasteiger partial charge < -0.3 is 9.84 Å². The maximum Gasteiger partial charge on any atom is 0.110 e. The first-order valence-electron chi connectivity index (χ1n) is 3.62. The number of ether oxygens (including phenoxy) is 1. The Labute approximate surface area is 61.5 Å². The Hall–Kier alpha value is -0.340. The van der Waals surface area contributed by atoms with Gasteiger partial charge in [0, 0.05) is 0 Å². The van der Waals surface area contributed by atoms with E-state index in [1.165, 1.54) is 0 Å². The predicted molar refractivity (Wildman–Crippen MR) is 39.8 cm³/mol. The molecule has 0 spiro atoms. The van der Waals surface area contributed by atoms with Crippen LogP contribution in [0.3, 0.4) is 0 Å². The van der Waals surface area contributed by atoms with Crippen LogP contribution in [0.2, 0.25) is 0 Å². The van der Waals surface area contributed by atoms with Gasteiger partial charge in [-0.3, -0.25) is 0 Å². The second-order valence-corrected chi connectivity index (χ2v) is 2.93. The highest BCUT2D eigenvalue weighted by Gasteiger charge is 2.50. The lowest BCUT2D eigenvalue weighted by atomic mass is 10.0. The molecule has 0 radical (unpaired) electrons. The van der Waals surface area contributed by atoms with Gasteiger partial charge in [-0.2, -0.15) is 0 Å². The topological polar surface area (TPSA) is 32.8 Å². The molecule has 1 fully saturated rings. The molecule has 2 heteroatoms. The van der Waals surface area contributed by atoms with Crippen LogP contribution >= 0.6 is 0 Å². The number of rotatable bonds is 4. The maximum atomic E-state index is 8.69. The fourth-order valence-electron chi connectivity index (χ4n) is 1.13. The number of epoxide rings is 1. The predicted octanol–water partition coefficient (Wildman–Crippen LogP) is 1.10. The Morgan fingerprint density at radius 3 is 2.90 bits per heavy atom. The molecule has 0 aromatic heterocycles. The van der Waals surface area contributed by atoms with Crippen molar-refractivity contribution in [3.63, 3.8) is 0 Å². The molecule has 1 saturated heterocycles. The third-order valence-corrected chi connectivity index (χ3v) is 2.05. The van der Waals surface area contributed by atoms with E-state index in [1.807, 2.05) is 13.0 Å². The van der Waals surface area contributed by atoms with Crippen molar-refractivity contribution in [2.75, 3.05) is 6.61 Å². The molecule has 0 amide bonds. The van der Waals surface area contributed by atoms with Gasteiger partial charge in [0.2, 0.25) is 0 Å². The van der Waals surface area contributed by atoms with Gasteiger partial charge in [-0.25, -0.2) is 0 Å². The Balaban J connectivity index is 2.22. The van der Waals surface area contributed by atoms with Gasteiger partial charge >= 0.3 is 0 Å². The summed E-state index contributed by atoms with van der Waals surface area (Å²) in [7, 11) is 0. The smallest absolute Gasteiger partial charge is 0.110 e. The highest BCUT2D eigenvalue weighted by Crippen LogP contribution is 2.39. The van der Waals surface area contributed by atoms with E-state index in [2.05, 4.69) is 6.58 Å². The first-order valence-corrected chi connectivity index (χ1v) is 3.62. The highest BCUT2D eigenvalue weighted by atomic mass is 16.6. The molecule has 0 bridgehead atoms. The van der Waals surface area contributed by atoms with Gasteiger partial charge in [-0.05, 0) is 19.8 Å². The van der Waals surface area contributed by atoms with E-state index in [1.54, 1.807) is 0 Å². The van der Waals surface area contributed by atoms with E-state index in [4.69, 9.17) is 9.84 Å². The number of hydrogen-bond donors (Lipinski definition) is 1. The first kappa shape index (κ1) is 7.76. The number of aliphatic hydroxyl groups excluding tert-OH is 1. The van der Waals surface area contributed by atoms with Crippen LogP contribution in [-0.4, -0.2) is 23.4 Å². The number of allylic oxidation sites excluding steroid dienone is 1. The minimum absolute atomic E-state index is 0.0526. The zero-order valence-corrected chi connectivity index (χ0v) is 6.34. The summed E-state index contributed by atoms with van der Waals surface area (Å²) >= 11 is 0. The summed E-state index contributed by atoms with van der Waals surface area (Å²) in [5.41, 5.74) is -0.0526. The van der Waals surface area contributed by atoms with Crippen LogP contribution in [0.15, 0.2) is 12.7 Å². The maximum absolute atomic E-state index is 8.69. The Kier molecular flexibility index (Phi) is 2.11. The molecule has 10 heavy (non-hydrogen) atoms. The normalized spacial score (nSPS) is 37.6. The summed E-state index contributed by atoms with van der Waals surface area (Å²) in [6, 6.07) is 0. The van der Waals surface area contributed by atoms with Gasteiger partial charge in [0.25, 0.3) is 0 Å². The molecule has 2 atom stereocenters. The summed E-state index contributed by atoms with van der Waals surface area (Å²) < 4.78 is 5.26. The van der Waals surface area contributed by atoms with Crippen LogP contribution in [0.5, 0.6) is 0 Å². The van der Waals surface area contributed by atoms with Crippen molar-refractivity contribution < 1.29 is 9.84 Å². The van der Waals surface area contributed by atoms with Crippen molar-refractivity contribution in [1.29, 1.82) is 0 Å². The van der Waals surface area contributed by atoms with E-state index in [9.17, 15) is 0 Å². The standard InChI is InChI=1S/C8H14O2/c1-3-4-5-8(2)7(6-9)10-8/h3,7,9H,1,4-6H2,2H3/t7-,8-/m0/s1. The fraction of sp³-hybridized carbons (Fsp3) is 0.750. The average molecular weight is 142 g/mol. The molecule has 1 rings (SSSR count). The first-order chi connectivity index (χ1) is 4.73. The molecular formula is C8H14O2. The number of aliphatic hydroxyl groups is 1.